The van der Waals surface area contributed by atoms with E-state index in [-0.39, 0.29) is 16.8 Å². The van der Waals surface area contributed by atoms with E-state index in [4.69, 9.17) is 0 Å². The Balaban J connectivity index is 1.78. The Morgan fingerprint density at radius 3 is 2.32 bits per heavy atom. The molecule has 1 fully saturated rings. The molecular weight excluding hydrogens is 336 g/mol. The summed E-state index contributed by atoms with van der Waals surface area (Å²) in [5.41, 5.74) is 1.68. The molecule has 0 aromatic heterocycles. The van der Waals surface area contributed by atoms with E-state index < -0.39 is 10.0 Å². The van der Waals surface area contributed by atoms with Crippen molar-refractivity contribution in [1.29, 1.82) is 0 Å². The lowest BCUT2D eigenvalue weighted by Crippen LogP contribution is -2.28. The van der Waals surface area contributed by atoms with Gasteiger partial charge in [0.05, 0.1) is 4.90 Å². The fourth-order valence-corrected chi connectivity index (χ4v) is 4.36. The van der Waals surface area contributed by atoms with E-state index in [1.807, 2.05) is 37.3 Å². The lowest BCUT2D eigenvalue weighted by molar-refractivity contribution is -0.117. The molecule has 1 aliphatic heterocycles. The van der Waals surface area contributed by atoms with Gasteiger partial charge in [0.1, 0.15) is 0 Å². The Kier molecular flexibility index (Phi) is 5.20. The molecule has 0 saturated carbocycles. The monoisotopic (exact) mass is 358 g/mol. The number of sulfonamides is 1. The predicted octanol–water partition coefficient (Wildman–Crippen LogP) is 3.24. The first-order chi connectivity index (χ1) is 12.0. The van der Waals surface area contributed by atoms with E-state index in [1.54, 1.807) is 29.2 Å². The van der Waals surface area contributed by atoms with Crippen LogP contribution in [-0.2, 0) is 14.8 Å². The van der Waals surface area contributed by atoms with Crippen molar-refractivity contribution in [3.63, 3.8) is 0 Å². The van der Waals surface area contributed by atoms with E-state index in [1.165, 1.54) is 0 Å². The average molecular weight is 358 g/mol. The topological polar surface area (TPSA) is 66.5 Å². The van der Waals surface area contributed by atoms with Crippen LogP contribution in [0.5, 0.6) is 0 Å². The number of hydrogen-bond donors (Lipinski definition) is 1. The summed E-state index contributed by atoms with van der Waals surface area (Å²) in [6, 6.07) is 15.8. The third kappa shape index (κ3) is 3.91. The summed E-state index contributed by atoms with van der Waals surface area (Å²) in [6.45, 7) is 2.64. The van der Waals surface area contributed by atoms with Gasteiger partial charge in [-0.3, -0.25) is 4.79 Å². The highest BCUT2D eigenvalue weighted by atomic mass is 32.2. The molecule has 5 nitrogen and oxygen atoms in total. The molecule has 132 valence electrons. The van der Waals surface area contributed by atoms with Crippen molar-refractivity contribution in [1.82, 2.24) is 4.72 Å². The summed E-state index contributed by atoms with van der Waals surface area (Å²) < 4.78 is 28.1. The number of carbonyl (C=O) groups excluding carboxylic acids is 1. The van der Waals surface area contributed by atoms with Gasteiger partial charge in [0.25, 0.3) is 0 Å². The van der Waals surface area contributed by atoms with Crippen molar-refractivity contribution in [2.45, 2.75) is 37.1 Å². The fraction of sp³-hybridized carbons (Fsp3) is 0.316. The second-order valence-electron chi connectivity index (χ2n) is 6.14. The van der Waals surface area contributed by atoms with Crippen LogP contribution in [0, 0.1) is 0 Å². The maximum Gasteiger partial charge on any atom is 0.241 e. The Morgan fingerprint density at radius 2 is 1.76 bits per heavy atom. The molecule has 0 radical (unpaired) electrons. The van der Waals surface area contributed by atoms with E-state index in [0.29, 0.717) is 19.4 Å². The molecule has 2 aromatic carbocycles. The molecule has 0 spiro atoms. The Hall–Kier alpha value is -2.18. The lowest BCUT2D eigenvalue weighted by Gasteiger charge is -2.19. The van der Waals surface area contributed by atoms with Crippen LogP contribution in [0.2, 0.25) is 0 Å². The van der Waals surface area contributed by atoms with Crippen molar-refractivity contribution in [3.05, 3.63) is 60.2 Å². The summed E-state index contributed by atoms with van der Waals surface area (Å²) in [7, 11) is -3.63. The Bertz CT molecular complexity index is 833. The lowest BCUT2D eigenvalue weighted by atomic mass is 10.1. The van der Waals surface area contributed by atoms with Gasteiger partial charge in [0, 0.05) is 24.7 Å². The van der Waals surface area contributed by atoms with Crippen molar-refractivity contribution in [2.75, 3.05) is 11.4 Å². The van der Waals surface area contributed by atoms with Crippen LogP contribution in [0.1, 0.15) is 37.8 Å². The quantitative estimate of drug-likeness (QED) is 0.862. The minimum atomic E-state index is -3.63. The van der Waals surface area contributed by atoms with Crippen LogP contribution >= 0.6 is 0 Å². The third-order valence-corrected chi connectivity index (χ3v) is 5.93. The zero-order valence-corrected chi connectivity index (χ0v) is 15.0. The normalized spacial score (nSPS) is 16.2. The first-order valence-electron chi connectivity index (χ1n) is 8.49. The fourth-order valence-electron chi connectivity index (χ4n) is 3.05. The standard InChI is InChI=1S/C19H22N2O3S/c1-2-18(15-7-4-3-5-8-15)20-25(23,24)17-12-10-16(11-13-17)21-14-6-9-19(21)22/h3-5,7-8,10-13,18,20H,2,6,9,14H2,1H3/t18-/m0/s1. The van der Waals surface area contributed by atoms with E-state index >= 15 is 0 Å². The number of nitrogens with zero attached hydrogens (tertiary/aromatic N) is 1. The average Bonchev–Trinajstić information content (AvgIpc) is 3.06. The number of hydrogen-bond acceptors (Lipinski definition) is 3. The molecule has 6 heteroatoms. The molecule has 1 aliphatic rings. The van der Waals surface area contributed by atoms with Gasteiger partial charge < -0.3 is 4.90 Å². The largest absolute Gasteiger partial charge is 0.312 e. The SMILES string of the molecule is CC[C@H](NS(=O)(=O)c1ccc(N2CCCC2=O)cc1)c1ccccc1. The van der Waals surface area contributed by atoms with Crippen LogP contribution in [-0.4, -0.2) is 20.9 Å². The number of nitrogens with one attached hydrogen (secondary N) is 1. The minimum absolute atomic E-state index is 0.0869. The highest BCUT2D eigenvalue weighted by Crippen LogP contribution is 2.24. The number of anilines is 1. The van der Waals surface area contributed by atoms with Crippen molar-refractivity contribution < 1.29 is 13.2 Å². The van der Waals surface area contributed by atoms with Crippen LogP contribution in [0.3, 0.4) is 0 Å². The van der Waals surface area contributed by atoms with Gasteiger partial charge in [0.15, 0.2) is 0 Å². The van der Waals surface area contributed by atoms with Crippen LogP contribution < -0.4 is 9.62 Å². The zero-order chi connectivity index (χ0) is 17.9. The van der Waals surface area contributed by atoms with Gasteiger partial charge in [-0.05, 0) is 42.7 Å². The van der Waals surface area contributed by atoms with Crippen LogP contribution in [0.25, 0.3) is 0 Å². The summed E-state index contributed by atoms with van der Waals surface area (Å²) in [5.74, 6) is 0.0869. The van der Waals surface area contributed by atoms with E-state index in [0.717, 1.165) is 17.7 Å². The molecule has 0 unspecified atom stereocenters. The zero-order valence-electron chi connectivity index (χ0n) is 14.2. The molecule has 3 rings (SSSR count). The van der Waals surface area contributed by atoms with Gasteiger partial charge in [-0.15, -0.1) is 0 Å². The second kappa shape index (κ2) is 7.37. The molecule has 1 atom stereocenters. The Morgan fingerprint density at radius 1 is 1.08 bits per heavy atom. The summed E-state index contributed by atoms with van der Waals surface area (Å²) in [5, 5.41) is 0. The van der Waals surface area contributed by atoms with Crippen molar-refractivity contribution in [2.24, 2.45) is 0 Å². The molecule has 1 heterocycles. The predicted molar refractivity (Wildman–Crippen MR) is 97.8 cm³/mol. The van der Waals surface area contributed by atoms with Crippen molar-refractivity contribution >= 4 is 21.6 Å². The maximum atomic E-state index is 12.7. The van der Waals surface area contributed by atoms with Crippen molar-refractivity contribution in [3.8, 4) is 0 Å². The molecule has 2 aromatic rings. The van der Waals surface area contributed by atoms with Gasteiger partial charge in [-0.1, -0.05) is 37.3 Å². The van der Waals surface area contributed by atoms with E-state index in [2.05, 4.69) is 4.72 Å². The Labute approximate surface area is 148 Å². The molecule has 1 amide bonds. The summed E-state index contributed by atoms with van der Waals surface area (Å²) in [6.07, 6.45) is 2.05. The smallest absolute Gasteiger partial charge is 0.241 e. The number of benzene rings is 2. The highest BCUT2D eigenvalue weighted by Gasteiger charge is 2.23. The molecule has 1 N–H and O–H groups in total. The maximum absolute atomic E-state index is 12.7. The molecule has 1 saturated heterocycles. The van der Waals surface area contributed by atoms with E-state index in [9.17, 15) is 13.2 Å². The number of carbonyl (C=O) groups is 1. The number of rotatable bonds is 6. The molecule has 0 aliphatic carbocycles. The first kappa shape index (κ1) is 17.6. The summed E-state index contributed by atoms with van der Waals surface area (Å²) >= 11 is 0. The van der Waals surface area contributed by atoms with Gasteiger partial charge in [-0.25, -0.2) is 13.1 Å². The second-order valence-corrected chi connectivity index (χ2v) is 7.85. The van der Waals surface area contributed by atoms with Gasteiger partial charge >= 0.3 is 0 Å². The van der Waals surface area contributed by atoms with Crippen LogP contribution in [0.15, 0.2) is 59.5 Å². The third-order valence-electron chi connectivity index (χ3n) is 4.44. The highest BCUT2D eigenvalue weighted by molar-refractivity contribution is 7.89. The summed E-state index contributed by atoms with van der Waals surface area (Å²) in [4.78, 5) is 13.7. The van der Waals surface area contributed by atoms with Gasteiger partial charge in [-0.2, -0.15) is 0 Å². The molecular formula is C19H22N2O3S. The first-order valence-corrected chi connectivity index (χ1v) is 9.97. The minimum Gasteiger partial charge on any atom is -0.312 e. The number of amides is 1. The molecule has 0 bridgehead atoms. The molecule has 25 heavy (non-hydrogen) atoms. The van der Waals surface area contributed by atoms with Gasteiger partial charge in [0.2, 0.25) is 15.9 Å². The van der Waals surface area contributed by atoms with Crippen LogP contribution in [0.4, 0.5) is 5.69 Å².